The summed E-state index contributed by atoms with van der Waals surface area (Å²) in [5, 5.41) is 0. The van der Waals surface area contributed by atoms with Gasteiger partial charge in [-0.15, -0.1) is 0 Å². The molecular weight excluding hydrogens is 224 g/mol. The first-order chi connectivity index (χ1) is 8.28. The lowest BCUT2D eigenvalue weighted by molar-refractivity contribution is 0.241. The van der Waals surface area contributed by atoms with Crippen molar-refractivity contribution in [3.05, 3.63) is 24.0 Å². The third-order valence-electron chi connectivity index (χ3n) is 2.74. The highest BCUT2D eigenvalue weighted by Crippen LogP contribution is 2.27. The lowest BCUT2D eigenvalue weighted by atomic mass is 9.87. The van der Waals surface area contributed by atoms with Gasteiger partial charge in [-0.05, 0) is 43.7 Å². The van der Waals surface area contributed by atoms with Gasteiger partial charge < -0.3 is 10.5 Å². The Morgan fingerprint density at radius 3 is 2.50 bits per heavy atom. The summed E-state index contributed by atoms with van der Waals surface area (Å²) in [6.45, 7) is 10.7. The van der Waals surface area contributed by atoms with Crippen molar-refractivity contribution in [2.75, 3.05) is 0 Å². The lowest BCUT2D eigenvalue weighted by Crippen LogP contribution is -2.15. The van der Waals surface area contributed by atoms with Gasteiger partial charge in [-0.3, -0.25) is 4.98 Å². The summed E-state index contributed by atoms with van der Waals surface area (Å²) >= 11 is 0. The molecule has 0 aliphatic rings. The number of rotatable bonds is 5. The van der Waals surface area contributed by atoms with Crippen LogP contribution in [0.15, 0.2) is 18.5 Å². The summed E-state index contributed by atoms with van der Waals surface area (Å²) in [5.41, 5.74) is 7.58. The highest BCUT2D eigenvalue weighted by atomic mass is 16.5. The first-order valence-electron chi connectivity index (χ1n) is 6.65. The predicted octanol–water partition coefficient (Wildman–Crippen LogP) is 3.69. The molecule has 3 nitrogen and oxygen atoms in total. The fraction of sp³-hybridized carbons (Fsp3) is 0.667. The molecule has 2 N–H and O–H groups in total. The van der Waals surface area contributed by atoms with Crippen molar-refractivity contribution in [1.29, 1.82) is 0 Å². The van der Waals surface area contributed by atoms with Gasteiger partial charge in [-0.25, -0.2) is 0 Å². The second-order valence-corrected chi connectivity index (χ2v) is 6.33. The van der Waals surface area contributed by atoms with Gasteiger partial charge in [-0.1, -0.05) is 20.8 Å². The van der Waals surface area contributed by atoms with Gasteiger partial charge in [0.15, 0.2) is 0 Å². The van der Waals surface area contributed by atoms with Crippen LogP contribution in [0.3, 0.4) is 0 Å². The highest BCUT2D eigenvalue weighted by Gasteiger charge is 2.14. The van der Waals surface area contributed by atoms with E-state index in [1.165, 1.54) is 0 Å². The number of nitrogens with zero attached hydrogens (tertiary/aromatic N) is 1. The summed E-state index contributed by atoms with van der Waals surface area (Å²) in [7, 11) is 0. The zero-order valence-electron chi connectivity index (χ0n) is 12.2. The van der Waals surface area contributed by atoms with Gasteiger partial charge in [0.05, 0.1) is 12.3 Å². The first-order valence-corrected chi connectivity index (χ1v) is 6.65. The van der Waals surface area contributed by atoms with Crippen molar-refractivity contribution >= 4 is 0 Å². The van der Waals surface area contributed by atoms with E-state index in [1.807, 2.05) is 26.1 Å². The Balaban J connectivity index is 2.65. The van der Waals surface area contributed by atoms with Crippen molar-refractivity contribution in [3.63, 3.8) is 0 Å². The van der Waals surface area contributed by atoms with Gasteiger partial charge >= 0.3 is 0 Å². The fourth-order valence-electron chi connectivity index (χ4n) is 1.73. The molecule has 0 saturated carbocycles. The van der Waals surface area contributed by atoms with Crippen LogP contribution < -0.4 is 10.5 Å². The average Bonchev–Trinajstić information content (AvgIpc) is 2.24. The molecule has 1 unspecified atom stereocenters. The Kier molecular flexibility index (Phi) is 5.15. The van der Waals surface area contributed by atoms with Crippen molar-refractivity contribution in [2.45, 2.75) is 59.6 Å². The Bertz CT molecular complexity index is 369. The monoisotopic (exact) mass is 250 g/mol. The van der Waals surface area contributed by atoms with Crippen molar-refractivity contribution in [2.24, 2.45) is 11.1 Å². The molecule has 1 aromatic heterocycles. The van der Waals surface area contributed by atoms with Gasteiger partial charge in [0, 0.05) is 12.2 Å². The smallest absolute Gasteiger partial charge is 0.138 e. The van der Waals surface area contributed by atoms with Crippen molar-refractivity contribution in [3.8, 4) is 5.75 Å². The first kappa shape index (κ1) is 15.0. The zero-order chi connectivity index (χ0) is 13.8. The van der Waals surface area contributed by atoms with Crippen LogP contribution >= 0.6 is 0 Å². The van der Waals surface area contributed by atoms with Gasteiger partial charge in [0.1, 0.15) is 5.75 Å². The van der Waals surface area contributed by atoms with Gasteiger partial charge in [-0.2, -0.15) is 0 Å². The topological polar surface area (TPSA) is 48.1 Å². The van der Waals surface area contributed by atoms with E-state index in [-0.39, 0.29) is 12.1 Å². The van der Waals surface area contributed by atoms with Crippen LogP contribution in [0, 0.1) is 5.41 Å². The van der Waals surface area contributed by atoms with E-state index >= 15 is 0 Å². The van der Waals surface area contributed by atoms with Crippen molar-refractivity contribution < 1.29 is 4.74 Å². The van der Waals surface area contributed by atoms with Crippen LogP contribution in [0.5, 0.6) is 5.75 Å². The molecular formula is C15H26N2O. The maximum Gasteiger partial charge on any atom is 0.138 e. The molecule has 0 bridgehead atoms. The summed E-state index contributed by atoms with van der Waals surface area (Å²) in [5.74, 6) is 0.800. The lowest BCUT2D eigenvalue weighted by Gasteiger charge is -2.21. The molecule has 1 rings (SSSR count). The molecule has 0 amide bonds. The summed E-state index contributed by atoms with van der Waals surface area (Å²) in [4.78, 5) is 4.20. The molecule has 1 aromatic rings. The number of pyridine rings is 1. The second-order valence-electron chi connectivity index (χ2n) is 6.33. The molecule has 0 fully saturated rings. The van der Waals surface area contributed by atoms with Crippen LogP contribution in [0.25, 0.3) is 0 Å². The summed E-state index contributed by atoms with van der Waals surface area (Å²) in [6, 6.07) is 2.03. The molecule has 0 aliphatic heterocycles. The van der Waals surface area contributed by atoms with E-state index < -0.39 is 0 Å². The van der Waals surface area contributed by atoms with E-state index in [0.29, 0.717) is 5.41 Å². The summed E-state index contributed by atoms with van der Waals surface area (Å²) in [6.07, 6.45) is 5.80. The maximum absolute atomic E-state index is 6.21. The van der Waals surface area contributed by atoms with Crippen LogP contribution in [-0.4, -0.2) is 11.1 Å². The zero-order valence-corrected chi connectivity index (χ0v) is 12.2. The maximum atomic E-state index is 6.21. The normalized spacial score (nSPS) is 13.7. The van der Waals surface area contributed by atoms with Crippen LogP contribution in [0.2, 0.25) is 0 Å². The van der Waals surface area contributed by atoms with Crippen LogP contribution in [0.4, 0.5) is 0 Å². The molecule has 102 valence electrons. The number of hydrogen-bond donors (Lipinski definition) is 1. The third-order valence-corrected chi connectivity index (χ3v) is 2.74. The molecule has 1 heterocycles. The molecule has 0 aromatic carbocycles. The van der Waals surface area contributed by atoms with E-state index in [2.05, 4.69) is 25.8 Å². The number of ether oxygens (including phenoxy) is 1. The highest BCUT2D eigenvalue weighted by molar-refractivity contribution is 5.25. The molecule has 0 spiro atoms. The van der Waals surface area contributed by atoms with E-state index in [4.69, 9.17) is 10.5 Å². The van der Waals surface area contributed by atoms with E-state index in [9.17, 15) is 0 Å². The van der Waals surface area contributed by atoms with Crippen LogP contribution in [0.1, 0.15) is 59.1 Å². The number of hydrogen-bond acceptors (Lipinski definition) is 3. The molecule has 0 saturated heterocycles. The minimum absolute atomic E-state index is 0.0347. The standard InChI is InChI=1S/C15H26N2O/c1-11(2)18-13-8-12(9-17-10-13)14(16)6-7-15(3,4)5/h8-11,14H,6-7,16H2,1-5H3. The quantitative estimate of drug-likeness (QED) is 0.867. The molecule has 3 heteroatoms. The van der Waals surface area contributed by atoms with Gasteiger partial charge in [0.2, 0.25) is 0 Å². The minimum Gasteiger partial charge on any atom is -0.489 e. The fourth-order valence-corrected chi connectivity index (χ4v) is 1.73. The Labute approximate surface area is 111 Å². The van der Waals surface area contributed by atoms with E-state index in [0.717, 1.165) is 24.2 Å². The predicted molar refractivity (Wildman–Crippen MR) is 75.6 cm³/mol. The largest absolute Gasteiger partial charge is 0.489 e. The number of nitrogens with two attached hydrogens (primary N) is 1. The second kappa shape index (κ2) is 6.19. The van der Waals surface area contributed by atoms with E-state index in [1.54, 1.807) is 6.20 Å². The Morgan fingerprint density at radius 2 is 1.94 bits per heavy atom. The number of aromatic nitrogens is 1. The Morgan fingerprint density at radius 1 is 1.28 bits per heavy atom. The molecule has 0 aliphatic carbocycles. The molecule has 0 radical (unpaired) electrons. The Hall–Kier alpha value is -1.09. The minimum atomic E-state index is 0.0347. The average molecular weight is 250 g/mol. The van der Waals surface area contributed by atoms with Gasteiger partial charge in [0.25, 0.3) is 0 Å². The molecule has 1 atom stereocenters. The van der Waals surface area contributed by atoms with Crippen LogP contribution in [-0.2, 0) is 0 Å². The SMILES string of the molecule is CC(C)Oc1cncc(C(N)CCC(C)(C)C)c1. The summed E-state index contributed by atoms with van der Waals surface area (Å²) < 4.78 is 5.63. The van der Waals surface area contributed by atoms with Crippen molar-refractivity contribution in [1.82, 2.24) is 4.98 Å². The third kappa shape index (κ3) is 5.50. The molecule has 18 heavy (non-hydrogen) atoms.